The summed E-state index contributed by atoms with van der Waals surface area (Å²) < 4.78 is 16.2. The number of aldehydes is 1. The van der Waals surface area contributed by atoms with Crippen molar-refractivity contribution in [3.8, 4) is 17.2 Å². The maximum absolute atomic E-state index is 12.0. The maximum atomic E-state index is 12.0. The zero-order valence-corrected chi connectivity index (χ0v) is 14.1. The van der Waals surface area contributed by atoms with Crippen molar-refractivity contribution >= 4 is 12.2 Å². The summed E-state index contributed by atoms with van der Waals surface area (Å²) in [5.41, 5.74) is 3.16. The second kappa shape index (κ2) is 7.25. The average molecular weight is 341 g/mol. The van der Waals surface area contributed by atoms with Gasteiger partial charge in [-0.1, -0.05) is 6.07 Å². The Hall–Kier alpha value is -3.02. The van der Waals surface area contributed by atoms with E-state index in [1.165, 1.54) is 0 Å². The number of rotatable bonds is 6. The second-order valence-corrected chi connectivity index (χ2v) is 5.85. The second-order valence-electron chi connectivity index (χ2n) is 5.85. The third kappa shape index (κ3) is 3.91. The Labute approximate surface area is 145 Å². The lowest BCUT2D eigenvalue weighted by Crippen LogP contribution is -2.28. The van der Waals surface area contributed by atoms with Crippen LogP contribution in [0.4, 0.5) is 0 Å². The molecular formula is C19H19NO5. The van der Waals surface area contributed by atoms with E-state index >= 15 is 0 Å². The minimum atomic E-state index is -0.226. The molecule has 0 saturated heterocycles. The Bertz CT molecular complexity index is 792. The van der Waals surface area contributed by atoms with Crippen molar-refractivity contribution < 1.29 is 23.8 Å². The molecule has 1 heterocycles. The van der Waals surface area contributed by atoms with Gasteiger partial charge >= 0.3 is 0 Å². The molecule has 0 radical (unpaired) electrons. The Kier molecular flexibility index (Phi) is 4.88. The normalized spacial score (nSPS) is 11.9. The molecule has 3 rings (SSSR count). The van der Waals surface area contributed by atoms with Gasteiger partial charge in [-0.25, -0.2) is 0 Å². The van der Waals surface area contributed by atoms with Gasteiger partial charge in [0.25, 0.3) is 5.91 Å². The highest BCUT2D eigenvalue weighted by atomic mass is 16.7. The molecule has 0 saturated carbocycles. The van der Waals surface area contributed by atoms with E-state index in [1.807, 2.05) is 32.0 Å². The van der Waals surface area contributed by atoms with Crippen LogP contribution < -0.4 is 19.5 Å². The summed E-state index contributed by atoms with van der Waals surface area (Å²) in [6.45, 7) is 4.20. The van der Waals surface area contributed by atoms with Crippen LogP contribution in [0.15, 0.2) is 30.3 Å². The smallest absolute Gasteiger partial charge is 0.258 e. The van der Waals surface area contributed by atoms with E-state index in [-0.39, 0.29) is 19.3 Å². The van der Waals surface area contributed by atoms with Crippen molar-refractivity contribution in [1.82, 2.24) is 5.32 Å². The van der Waals surface area contributed by atoms with Crippen molar-refractivity contribution in [2.75, 3.05) is 13.4 Å². The Balaban J connectivity index is 1.54. The standard InChI is InChI=1S/C19H19NO5/c1-12-5-15(9-21)6-13(2)19(12)23-10-18(22)20-8-14-3-4-16-17(7-14)25-11-24-16/h3-7,9H,8,10-11H2,1-2H3,(H,20,22). The van der Waals surface area contributed by atoms with Gasteiger partial charge in [-0.2, -0.15) is 0 Å². The first-order valence-electron chi connectivity index (χ1n) is 7.91. The summed E-state index contributed by atoms with van der Waals surface area (Å²) in [6.07, 6.45) is 0.794. The minimum Gasteiger partial charge on any atom is -0.483 e. The molecule has 0 fully saturated rings. The first kappa shape index (κ1) is 16.8. The molecule has 6 heteroatoms. The number of benzene rings is 2. The number of carbonyl (C=O) groups is 2. The minimum absolute atomic E-state index is 0.0906. The van der Waals surface area contributed by atoms with Crippen LogP contribution in [0.1, 0.15) is 27.0 Å². The molecule has 1 amide bonds. The fourth-order valence-corrected chi connectivity index (χ4v) is 2.72. The maximum Gasteiger partial charge on any atom is 0.258 e. The van der Waals surface area contributed by atoms with E-state index in [0.29, 0.717) is 29.4 Å². The third-order valence-corrected chi connectivity index (χ3v) is 3.89. The highest BCUT2D eigenvalue weighted by Gasteiger charge is 2.14. The van der Waals surface area contributed by atoms with Crippen LogP contribution in [0.3, 0.4) is 0 Å². The van der Waals surface area contributed by atoms with E-state index in [2.05, 4.69) is 5.32 Å². The fourth-order valence-electron chi connectivity index (χ4n) is 2.72. The summed E-state index contributed by atoms with van der Waals surface area (Å²) in [5.74, 6) is 1.80. The number of ether oxygens (including phenoxy) is 3. The van der Waals surface area contributed by atoms with Crippen molar-refractivity contribution in [1.29, 1.82) is 0 Å². The van der Waals surface area contributed by atoms with Gasteiger partial charge in [0.15, 0.2) is 18.1 Å². The number of hydrogen-bond acceptors (Lipinski definition) is 5. The Morgan fingerprint density at radius 2 is 1.88 bits per heavy atom. The van der Waals surface area contributed by atoms with Gasteiger partial charge in [0.2, 0.25) is 6.79 Å². The largest absolute Gasteiger partial charge is 0.483 e. The number of carbonyl (C=O) groups excluding carboxylic acids is 2. The molecule has 0 atom stereocenters. The van der Waals surface area contributed by atoms with E-state index in [4.69, 9.17) is 14.2 Å². The number of amides is 1. The predicted octanol–water partition coefficient (Wildman–Crippen LogP) is 2.54. The molecule has 130 valence electrons. The highest BCUT2D eigenvalue weighted by Crippen LogP contribution is 2.32. The van der Waals surface area contributed by atoms with Crippen LogP contribution in [-0.4, -0.2) is 25.6 Å². The first-order chi connectivity index (χ1) is 12.1. The van der Waals surface area contributed by atoms with E-state index in [1.54, 1.807) is 12.1 Å². The number of nitrogens with one attached hydrogen (secondary N) is 1. The van der Waals surface area contributed by atoms with Gasteiger partial charge in [-0.05, 0) is 54.8 Å². The van der Waals surface area contributed by atoms with Crippen LogP contribution in [0, 0.1) is 13.8 Å². The SMILES string of the molecule is Cc1cc(C=O)cc(C)c1OCC(=O)NCc1ccc2c(c1)OCO2. The molecule has 1 N–H and O–H groups in total. The Morgan fingerprint density at radius 1 is 1.16 bits per heavy atom. The van der Waals surface area contributed by atoms with Gasteiger partial charge in [0.05, 0.1) is 0 Å². The van der Waals surface area contributed by atoms with Crippen LogP contribution in [0.5, 0.6) is 17.2 Å². The molecule has 0 unspecified atom stereocenters. The predicted molar refractivity (Wildman–Crippen MR) is 91.2 cm³/mol. The zero-order valence-electron chi connectivity index (χ0n) is 14.1. The summed E-state index contributed by atoms with van der Waals surface area (Å²) in [4.78, 5) is 22.9. The van der Waals surface area contributed by atoms with Crippen molar-refractivity contribution in [3.05, 3.63) is 52.6 Å². The quantitative estimate of drug-likeness (QED) is 0.818. The summed E-state index contributed by atoms with van der Waals surface area (Å²) >= 11 is 0. The molecule has 0 spiro atoms. The number of fused-ring (bicyclic) bond motifs is 1. The molecule has 1 aliphatic rings. The van der Waals surface area contributed by atoms with E-state index in [0.717, 1.165) is 23.0 Å². The van der Waals surface area contributed by atoms with Crippen molar-refractivity contribution in [3.63, 3.8) is 0 Å². The van der Waals surface area contributed by atoms with Crippen molar-refractivity contribution in [2.45, 2.75) is 20.4 Å². The summed E-state index contributed by atoms with van der Waals surface area (Å²) in [6, 6.07) is 9.01. The Morgan fingerprint density at radius 3 is 2.60 bits per heavy atom. The number of hydrogen-bond donors (Lipinski definition) is 1. The molecule has 2 aromatic carbocycles. The lowest BCUT2D eigenvalue weighted by molar-refractivity contribution is -0.123. The summed E-state index contributed by atoms with van der Waals surface area (Å²) in [5, 5.41) is 2.81. The molecule has 1 aliphatic heterocycles. The average Bonchev–Trinajstić information content (AvgIpc) is 3.06. The fraction of sp³-hybridized carbons (Fsp3) is 0.263. The van der Waals surface area contributed by atoms with Gasteiger partial charge < -0.3 is 19.5 Å². The molecule has 2 aromatic rings. The summed E-state index contributed by atoms with van der Waals surface area (Å²) in [7, 11) is 0. The van der Waals surface area contributed by atoms with Gasteiger partial charge in [-0.15, -0.1) is 0 Å². The van der Waals surface area contributed by atoms with Crippen LogP contribution in [-0.2, 0) is 11.3 Å². The topological polar surface area (TPSA) is 73.9 Å². The third-order valence-electron chi connectivity index (χ3n) is 3.89. The lowest BCUT2D eigenvalue weighted by atomic mass is 10.1. The van der Waals surface area contributed by atoms with Crippen molar-refractivity contribution in [2.24, 2.45) is 0 Å². The monoisotopic (exact) mass is 341 g/mol. The lowest BCUT2D eigenvalue weighted by Gasteiger charge is -2.13. The van der Waals surface area contributed by atoms with Crippen LogP contribution >= 0.6 is 0 Å². The highest BCUT2D eigenvalue weighted by molar-refractivity contribution is 5.78. The van der Waals surface area contributed by atoms with Gasteiger partial charge in [-0.3, -0.25) is 9.59 Å². The van der Waals surface area contributed by atoms with Gasteiger partial charge in [0.1, 0.15) is 12.0 Å². The molecular weight excluding hydrogens is 322 g/mol. The van der Waals surface area contributed by atoms with E-state index < -0.39 is 0 Å². The molecule has 0 aliphatic carbocycles. The zero-order chi connectivity index (χ0) is 17.8. The molecule has 0 bridgehead atoms. The molecule has 25 heavy (non-hydrogen) atoms. The first-order valence-corrected chi connectivity index (χ1v) is 7.91. The molecule has 6 nitrogen and oxygen atoms in total. The van der Waals surface area contributed by atoms with E-state index in [9.17, 15) is 9.59 Å². The number of aryl methyl sites for hydroxylation is 2. The van der Waals surface area contributed by atoms with Crippen LogP contribution in [0.25, 0.3) is 0 Å². The van der Waals surface area contributed by atoms with Gasteiger partial charge in [0, 0.05) is 12.1 Å². The molecule has 0 aromatic heterocycles. The van der Waals surface area contributed by atoms with Crippen LogP contribution in [0.2, 0.25) is 0 Å².